The highest BCUT2D eigenvalue weighted by Crippen LogP contribution is 2.24. The van der Waals surface area contributed by atoms with Crippen LogP contribution in [-0.4, -0.2) is 39.3 Å². The van der Waals surface area contributed by atoms with Crippen LogP contribution in [0.2, 0.25) is 0 Å². The van der Waals surface area contributed by atoms with E-state index in [1.807, 2.05) is 11.0 Å². The van der Waals surface area contributed by atoms with Gasteiger partial charge in [0, 0.05) is 6.54 Å². The lowest BCUT2D eigenvalue weighted by Crippen LogP contribution is -2.38. The Labute approximate surface area is 115 Å². The van der Waals surface area contributed by atoms with E-state index in [0.29, 0.717) is 19.0 Å². The lowest BCUT2D eigenvalue weighted by atomic mass is 9.97. The van der Waals surface area contributed by atoms with Crippen molar-refractivity contribution in [2.75, 3.05) is 18.0 Å². The number of aliphatic hydroxyl groups excluding tert-OH is 1. The topological polar surface area (TPSA) is 62.1 Å². The average Bonchev–Trinajstić information content (AvgIpc) is 2.49. The van der Waals surface area contributed by atoms with Gasteiger partial charge in [-0.05, 0) is 23.3 Å². The van der Waals surface area contributed by atoms with Crippen LogP contribution in [0.1, 0.15) is 5.56 Å². The van der Waals surface area contributed by atoms with Crippen LogP contribution >= 0.6 is 0 Å². The molecule has 0 saturated carbocycles. The summed E-state index contributed by atoms with van der Waals surface area (Å²) in [7, 11) is 0. The van der Waals surface area contributed by atoms with Gasteiger partial charge < -0.3 is 10.0 Å². The molecule has 0 fully saturated rings. The average molecular weight is 272 g/mol. The molecule has 0 amide bonds. The molecule has 3 rings (SSSR count). The highest BCUT2D eigenvalue weighted by atomic mass is 19.1. The predicted octanol–water partition coefficient (Wildman–Crippen LogP) is 1.28. The van der Waals surface area contributed by atoms with Gasteiger partial charge in [-0.15, -0.1) is 0 Å². The normalized spacial score (nSPS) is 18.8. The maximum absolute atomic E-state index is 12.9. The molecule has 0 aliphatic carbocycles. The fourth-order valence-corrected chi connectivity index (χ4v) is 2.24. The van der Waals surface area contributed by atoms with Crippen molar-refractivity contribution in [2.45, 2.75) is 6.10 Å². The highest BCUT2D eigenvalue weighted by molar-refractivity contribution is 5.71. The van der Waals surface area contributed by atoms with E-state index in [-0.39, 0.29) is 5.82 Å². The van der Waals surface area contributed by atoms with E-state index in [1.165, 1.54) is 24.8 Å². The van der Waals surface area contributed by atoms with Crippen LogP contribution in [0.25, 0.3) is 5.57 Å². The van der Waals surface area contributed by atoms with Gasteiger partial charge in [0.25, 0.3) is 0 Å². The fraction of sp³-hybridized carbons (Fsp3) is 0.214. The summed E-state index contributed by atoms with van der Waals surface area (Å²) in [6.07, 6.45) is 4.10. The van der Waals surface area contributed by atoms with E-state index in [9.17, 15) is 9.50 Å². The molecule has 1 unspecified atom stereocenters. The van der Waals surface area contributed by atoms with Gasteiger partial charge in [-0.3, -0.25) is 0 Å². The zero-order valence-corrected chi connectivity index (χ0v) is 10.6. The van der Waals surface area contributed by atoms with Crippen molar-refractivity contribution in [1.29, 1.82) is 0 Å². The fourth-order valence-electron chi connectivity index (χ4n) is 2.24. The van der Waals surface area contributed by atoms with Crippen molar-refractivity contribution >= 4 is 11.5 Å². The summed E-state index contributed by atoms with van der Waals surface area (Å²) in [6, 6.07) is 6.12. The van der Waals surface area contributed by atoms with Gasteiger partial charge in [0.2, 0.25) is 5.95 Å². The summed E-state index contributed by atoms with van der Waals surface area (Å²) >= 11 is 0. The first kappa shape index (κ1) is 12.7. The Bertz CT molecular complexity index is 615. The standard InChI is InChI=1S/C14H13FN4O/c15-11-3-1-10(2-4-11)12-5-6-19(7-13(12)20)14-17-8-16-9-18-14/h1-5,8-9,13,20H,6-7H2. The molecule has 1 N–H and O–H groups in total. The SMILES string of the molecule is OC1CN(c2ncncn2)CC=C1c1ccc(F)cc1. The van der Waals surface area contributed by atoms with Crippen LogP contribution in [0.15, 0.2) is 43.0 Å². The third kappa shape index (κ3) is 2.50. The number of rotatable bonds is 2. The van der Waals surface area contributed by atoms with Crippen LogP contribution in [0.5, 0.6) is 0 Å². The lowest BCUT2D eigenvalue weighted by molar-refractivity contribution is 0.233. The number of hydrogen-bond acceptors (Lipinski definition) is 5. The molecule has 1 aliphatic rings. The zero-order valence-electron chi connectivity index (χ0n) is 10.6. The molecule has 1 aliphatic heterocycles. The smallest absolute Gasteiger partial charge is 0.228 e. The van der Waals surface area contributed by atoms with Crippen molar-refractivity contribution in [2.24, 2.45) is 0 Å². The molecular weight excluding hydrogens is 259 g/mol. The maximum atomic E-state index is 12.9. The first-order valence-corrected chi connectivity index (χ1v) is 6.25. The van der Waals surface area contributed by atoms with E-state index in [1.54, 1.807) is 12.1 Å². The predicted molar refractivity (Wildman–Crippen MR) is 72.4 cm³/mol. The van der Waals surface area contributed by atoms with Gasteiger partial charge in [-0.25, -0.2) is 19.3 Å². The molecule has 1 aromatic carbocycles. The summed E-state index contributed by atoms with van der Waals surface area (Å²) in [4.78, 5) is 13.7. The van der Waals surface area contributed by atoms with Gasteiger partial charge in [0.1, 0.15) is 18.5 Å². The molecule has 6 heteroatoms. The molecular formula is C14H13FN4O. The number of hydrogen-bond donors (Lipinski definition) is 1. The van der Waals surface area contributed by atoms with E-state index in [0.717, 1.165) is 11.1 Å². The van der Waals surface area contributed by atoms with E-state index in [2.05, 4.69) is 15.0 Å². The lowest BCUT2D eigenvalue weighted by Gasteiger charge is -2.30. The van der Waals surface area contributed by atoms with Crippen LogP contribution in [0.3, 0.4) is 0 Å². The van der Waals surface area contributed by atoms with Crippen molar-refractivity contribution in [3.05, 3.63) is 54.4 Å². The van der Waals surface area contributed by atoms with Gasteiger partial charge >= 0.3 is 0 Å². The van der Waals surface area contributed by atoms with E-state index >= 15 is 0 Å². The van der Waals surface area contributed by atoms with Gasteiger partial charge in [0.05, 0.1) is 12.6 Å². The third-order valence-corrected chi connectivity index (χ3v) is 3.22. The Kier molecular flexibility index (Phi) is 3.39. The van der Waals surface area contributed by atoms with E-state index < -0.39 is 6.10 Å². The monoisotopic (exact) mass is 272 g/mol. The molecule has 0 saturated heterocycles. The highest BCUT2D eigenvalue weighted by Gasteiger charge is 2.23. The molecule has 0 radical (unpaired) electrons. The minimum Gasteiger partial charge on any atom is -0.387 e. The zero-order chi connectivity index (χ0) is 13.9. The molecule has 2 aromatic rings. The molecule has 0 bridgehead atoms. The Hall–Kier alpha value is -2.34. The molecule has 1 atom stereocenters. The second-order valence-electron chi connectivity index (χ2n) is 4.53. The van der Waals surface area contributed by atoms with Crippen molar-refractivity contribution in [3.63, 3.8) is 0 Å². The Morgan fingerprint density at radius 2 is 1.85 bits per heavy atom. The van der Waals surface area contributed by atoms with Crippen LogP contribution < -0.4 is 4.90 Å². The molecule has 20 heavy (non-hydrogen) atoms. The summed E-state index contributed by atoms with van der Waals surface area (Å²) in [5, 5.41) is 10.2. The number of halogens is 1. The van der Waals surface area contributed by atoms with Gasteiger partial charge in [0.15, 0.2) is 0 Å². The summed E-state index contributed by atoms with van der Waals surface area (Å²) in [5.74, 6) is 0.250. The van der Waals surface area contributed by atoms with Crippen molar-refractivity contribution < 1.29 is 9.50 Å². The number of aliphatic hydroxyl groups is 1. The Morgan fingerprint density at radius 1 is 1.15 bits per heavy atom. The summed E-state index contributed by atoms with van der Waals surface area (Å²) in [5.41, 5.74) is 1.63. The molecule has 102 valence electrons. The summed E-state index contributed by atoms with van der Waals surface area (Å²) < 4.78 is 12.9. The largest absolute Gasteiger partial charge is 0.387 e. The summed E-state index contributed by atoms with van der Waals surface area (Å²) in [6.45, 7) is 0.987. The third-order valence-electron chi connectivity index (χ3n) is 3.22. The number of nitrogens with zero attached hydrogens (tertiary/aromatic N) is 4. The number of benzene rings is 1. The maximum Gasteiger partial charge on any atom is 0.228 e. The molecule has 0 spiro atoms. The second kappa shape index (κ2) is 5.34. The van der Waals surface area contributed by atoms with Crippen LogP contribution in [0.4, 0.5) is 10.3 Å². The minimum absolute atomic E-state index is 0.286. The first-order chi connectivity index (χ1) is 9.74. The Morgan fingerprint density at radius 3 is 2.50 bits per heavy atom. The van der Waals surface area contributed by atoms with Gasteiger partial charge in [-0.1, -0.05) is 18.2 Å². The van der Waals surface area contributed by atoms with Crippen molar-refractivity contribution in [1.82, 2.24) is 15.0 Å². The molecule has 2 heterocycles. The minimum atomic E-state index is -0.661. The quantitative estimate of drug-likeness (QED) is 0.892. The number of anilines is 1. The van der Waals surface area contributed by atoms with Crippen molar-refractivity contribution in [3.8, 4) is 0 Å². The molecule has 1 aromatic heterocycles. The molecule has 5 nitrogen and oxygen atoms in total. The van der Waals surface area contributed by atoms with Crippen LogP contribution in [-0.2, 0) is 0 Å². The van der Waals surface area contributed by atoms with Crippen LogP contribution in [0, 0.1) is 5.82 Å². The number of β-amino-alcohol motifs (C(OH)–C–C–N with tert-alkyl or cyclic N) is 1. The number of aromatic nitrogens is 3. The second-order valence-corrected chi connectivity index (χ2v) is 4.53. The van der Waals surface area contributed by atoms with E-state index in [4.69, 9.17) is 0 Å². The Balaban J connectivity index is 1.83. The first-order valence-electron chi connectivity index (χ1n) is 6.25. The van der Waals surface area contributed by atoms with Gasteiger partial charge in [-0.2, -0.15) is 0 Å².